The lowest BCUT2D eigenvalue weighted by Crippen LogP contribution is -2.51. The number of halogens is 1. The number of benzene rings is 1. The molecular formula is C14H21FN2. The summed E-state index contributed by atoms with van der Waals surface area (Å²) in [4.78, 5) is 4.95. The van der Waals surface area contributed by atoms with Crippen molar-refractivity contribution in [3.63, 3.8) is 0 Å². The summed E-state index contributed by atoms with van der Waals surface area (Å²) in [6, 6.07) is 7.47. The van der Waals surface area contributed by atoms with Gasteiger partial charge in [-0.05, 0) is 31.2 Å². The van der Waals surface area contributed by atoms with Crippen molar-refractivity contribution in [1.82, 2.24) is 9.80 Å². The van der Waals surface area contributed by atoms with Gasteiger partial charge in [-0.25, -0.2) is 4.39 Å². The zero-order valence-electron chi connectivity index (χ0n) is 10.7. The van der Waals surface area contributed by atoms with Crippen molar-refractivity contribution < 1.29 is 4.39 Å². The van der Waals surface area contributed by atoms with Crippen LogP contribution in [0.15, 0.2) is 24.3 Å². The summed E-state index contributed by atoms with van der Waals surface area (Å²) in [5, 5.41) is 0. The number of hydrogen-bond acceptors (Lipinski definition) is 2. The van der Waals surface area contributed by atoms with Gasteiger partial charge in [0.15, 0.2) is 0 Å². The van der Waals surface area contributed by atoms with E-state index in [1.165, 1.54) is 5.56 Å². The first-order valence-electron chi connectivity index (χ1n) is 6.40. The molecule has 1 aliphatic rings. The molecule has 0 N–H and O–H groups in total. The van der Waals surface area contributed by atoms with Crippen molar-refractivity contribution in [2.24, 2.45) is 0 Å². The molecule has 2 nitrogen and oxygen atoms in total. The Morgan fingerprint density at radius 1 is 1.24 bits per heavy atom. The molecule has 1 aromatic carbocycles. The maximum atomic E-state index is 12.8. The minimum absolute atomic E-state index is 0.155. The third kappa shape index (κ3) is 3.27. The van der Waals surface area contributed by atoms with Crippen LogP contribution in [0.3, 0.4) is 0 Å². The molecule has 94 valence electrons. The van der Waals surface area contributed by atoms with Crippen LogP contribution in [0.25, 0.3) is 0 Å². The fourth-order valence-electron chi connectivity index (χ4n) is 2.53. The average Bonchev–Trinajstić information content (AvgIpc) is 2.32. The first-order valence-corrected chi connectivity index (χ1v) is 6.40. The molecule has 0 radical (unpaired) electrons. The highest BCUT2D eigenvalue weighted by Crippen LogP contribution is 2.13. The normalized spacial score (nSPS) is 22.9. The molecule has 0 aliphatic carbocycles. The molecule has 0 spiro atoms. The van der Waals surface area contributed by atoms with Crippen LogP contribution in [0.5, 0.6) is 0 Å². The Balaban J connectivity index is 1.90. The number of nitrogens with zero attached hydrogens (tertiary/aromatic N) is 2. The average molecular weight is 236 g/mol. The second kappa shape index (κ2) is 5.61. The summed E-state index contributed by atoms with van der Waals surface area (Å²) < 4.78 is 12.8. The Labute approximate surface area is 103 Å². The lowest BCUT2D eigenvalue weighted by Gasteiger charge is -2.39. The largest absolute Gasteiger partial charge is 0.298 e. The zero-order valence-corrected chi connectivity index (χ0v) is 10.7. The third-order valence-corrected chi connectivity index (χ3v) is 3.57. The molecule has 0 aromatic heterocycles. The molecular weight excluding hydrogens is 215 g/mol. The van der Waals surface area contributed by atoms with Gasteiger partial charge in [-0.1, -0.05) is 19.1 Å². The highest BCUT2D eigenvalue weighted by atomic mass is 19.1. The van der Waals surface area contributed by atoms with Crippen LogP contribution in [0, 0.1) is 5.82 Å². The SMILES string of the molecule is CCN1CCN(Cc2ccc(F)cc2)CC1C. The van der Waals surface area contributed by atoms with Crippen LogP contribution in [-0.4, -0.2) is 42.0 Å². The Morgan fingerprint density at radius 3 is 2.53 bits per heavy atom. The highest BCUT2D eigenvalue weighted by Gasteiger charge is 2.21. The van der Waals surface area contributed by atoms with Gasteiger partial charge in [0.05, 0.1) is 0 Å². The number of likely N-dealkylation sites (N-methyl/N-ethyl adjacent to an activating group) is 1. The quantitative estimate of drug-likeness (QED) is 0.795. The predicted octanol–water partition coefficient (Wildman–Crippen LogP) is 2.35. The Morgan fingerprint density at radius 2 is 1.94 bits per heavy atom. The van der Waals surface area contributed by atoms with Gasteiger partial charge in [-0.3, -0.25) is 9.80 Å². The summed E-state index contributed by atoms with van der Waals surface area (Å²) in [6.07, 6.45) is 0. The minimum Gasteiger partial charge on any atom is -0.298 e. The number of piperazine rings is 1. The van der Waals surface area contributed by atoms with Crippen LogP contribution < -0.4 is 0 Å². The summed E-state index contributed by atoms with van der Waals surface area (Å²) in [6.45, 7) is 9.90. The molecule has 3 heteroatoms. The van der Waals surface area contributed by atoms with Gasteiger partial charge in [0.1, 0.15) is 5.82 Å². The van der Waals surface area contributed by atoms with Crippen molar-refractivity contribution in [3.05, 3.63) is 35.6 Å². The maximum absolute atomic E-state index is 12.8. The van der Waals surface area contributed by atoms with Gasteiger partial charge in [-0.15, -0.1) is 0 Å². The molecule has 1 unspecified atom stereocenters. The van der Waals surface area contributed by atoms with Gasteiger partial charge in [-0.2, -0.15) is 0 Å². The van der Waals surface area contributed by atoms with Crippen LogP contribution in [0.4, 0.5) is 4.39 Å². The van der Waals surface area contributed by atoms with E-state index in [2.05, 4.69) is 23.6 Å². The molecule has 1 heterocycles. The summed E-state index contributed by atoms with van der Waals surface area (Å²) >= 11 is 0. The summed E-state index contributed by atoms with van der Waals surface area (Å²) in [5.41, 5.74) is 1.20. The fourth-order valence-corrected chi connectivity index (χ4v) is 2.53. The second-order valence-electron chi connectivity index (χ2n) is 4.84. The maximum Gasteiger partial charge on any atom is 0.123 e. The monoisotopic (exact) mass is 236 g/mol. The second-order valence-corrected chi connectivity index (χ2v) is 4.84. The summed E-state index contributed by atoms with van der Waals surface area (Å²) in [7, 11) is 0. The zero-order chi connectivity index (χ0) is 12.3. The van der Waals surface area contributed by atoms with E-state index >= 15 is 0 Å². The van der Waals surface area contributed by atoms with Crippen LogP contribution in [0.2, 0.25) is 0 Å². The van der Waals surface area contributed by atoms with E-state index in [-0.39, 0.29) is 5.82 Å². The van der Waals surface area contributed by atoms with Crippen LogP contribution in [-0.2, 0) is 6.54 Å². The van der Waals surface area contributed by atoms with Gasteiger partial charge in [0.25, 0.3) is 0 Å². The smallest absolute Gasteiger partial charge is 0.123 e. The van der Waals surface area contributed by atoms with Crippen molar-refractivity contribution >= 4 is 0 Å². The third-order valence-electron chi connectivity index (χ3n) is 3.57. The van der Waals surface area contributed by atoms with Crippen molar-refractivity contribution in [2.45, 2.75) is 26.4 Å². The molecule has 1 aromatic rings. The van der Waals surface area contributed by atoms with E-state index in [4.69, 9.17) is 0 Å². The van der Waals surface area contributed by atoms with E-state index in [1.54, 1.807) is 12.1 Å². The molecule has 0 amide bonds. The van der Waals surface area contributed by atoms with Crippen molar-refractivity contribution in [1.29, 1.82) is 0 Å². The molecule has 1 aliphatic heterocycles. The van der Waals surface area contributed by atoms with E-state index in [1.807, 2.05) is 12.1 Å². The number of rotatable bonds is 3. The standard InChI is InChI=1S/C14H21FN2/c1-3-17-9-8-16(10-12(17)2)11-13-4-6-14(15)7-5-13/h4-7,12H,3,8-11H2,1-2H3. The van der Waals surface area contributed by atoms with Crippen molar-refractivity contribution in [3.8, 4) is 0 Å². The molecule has 0 saturated carbocycles. The van der Waals surface area contributed by atoms with Crippen LogP contribution in [0.1, 0.15) is 19.4 Å². The van der Waals surface area contributed by atoms with Gasteiger partial charge in [0.2, 0.25) is 0 Å². The van der Waals surface area contributed by atoms with Gasteiger partial charge >= 0.3 is 0 Å². The van der Waals surface area contributed by atoms with E-state index in [9.17, 15) is 4.39 Å². The molecule has 1 saturated heterocycles. The Kier molecular flexibility index (Phi) is 4.13. The first-order chi connectivity index (χ1) is 8.19. The fraction of sp³-hybridized carbons (Fsp3) is 0.571. The first kappa shape index (κ1) is 12.5. The van der Waals surface area contributed by atoms with Gasteiger partial charge < -0.3 is 0 Å². The summed E-state index contributed by atoms with van der Waals surface area (Å²) in [5.74, 6) is -0.155. The van der Waals surface area contributed by atoms with Crippen LogP contribution >= 0.6 is 0 Å². The molecule has 1 fully saturated rings. The molecule has 0 bridgehead atoms. The minimum atomic E-state index is -0.155. The molecule has 17 heavy (non-hydrogen) atoms. The lowest BCUT2D eigenvalue weighted by molar-refractivity contribution is 0.0834. The lowest BCUT2D eigenvalue weighted by atomic mass is 10.1. The topological polar surface area (TPSA) is 6.48 Å². The highest BCUT2D eigenvalue weighted by molar-refractivity contribution is 5.16. The molecule has 2 rings (SSSR count). The van der Waals surface area contributed by atoms with E-state index < -0.39 is 0 Å². The molecule has 1 atom stereocenters. The predicted molar refractivity (Wildman–Crippen MR) is 68.4 cm³/mol. The Hall–Kier alpha value is -0.930. The number of hydrogen-bond donors (Lipinski definition) is 0. The van der Waals surface area contributed by atoms with Crippen molar-refractivity contribution in [2.75, 3.05) is 26.2 Å². The Bertz CT molecular complexity index is 350. The van der Waals surface area contributed by atoms with E-state index in [0.717, 1.165) is 32.7 Å². The van der Waals surface area contributed by atoms with E-state index in [0.29, 0.717) is 6.04 Å². The van der Waals surface area contributed by atoms with Gasteiger partial charge in [0, 0.05) is 32.2 Å².